The van der Waals surface area contributed by atoms with Gasteiger partial charge in [0, 0.05) is 3.57 Å². The van der Waals surface area contributed by atoms with E-state index < -0.39 is 0 Å². The lowest BCUT2D eigenvalue weighted by atomic mass is 10.2. The van der Waals surface area contributed by atoms with Crippen LogP contribution in [0.4, 0.5) is 0 Å². The summed E-state index contributed by atoms with van der Waals surface area (Å²) in [4.78, 5) is 0. The smallest absolute Gasteiger partial charge is 0.0130 e. The monoisotopic (exact) mass is 258 g/mol. The minimum absolute atomic E-state index is 1.10. The van der Waals surface area contributed by atoms with Gasteiger partial charge < -0.3 is 0 Å². The van der Waals surface area contributed by atoms with Crippen molar-refractivity contribution in [1.82, 2.24) is 0 Å². The molecule has 1 aromatic carbocycles. The molecule has 0 aromatic heterocycles. The predicted octanol–water partition coefficient (Wildman–Crippen LogP) is 3.71. The van der Waals surface area contributed by atoms with Crippen LogP contribution < -0.4 is 0 Å². The fraction of sp³-hybridized carbons (Fsp3) is 0.200. The van der Waals surface area contributed by atoms with Crippen molar-refractivity contribution in [3.05, 3.63) is 39.5 Å². The lowest BCUT2D eigenvalue weighted by molar-refractivity contribution is 1.23. The van der Waals surface area contributed by atoms with Crippen molar-refractivity contribution in [3.63, 3.8) is 0 Å². The maximum absolute atomic E-state index is 2.31. The van der Waals surface area contributed by atoms with Gasteiger partial charge in [-0.3, -0.25) is 0 Å². The van der Waals surface area contributed by atoms with Gasteiger partial charge in [-0.2, -0.15) is 0 Å². The number of allylic oxidation sites excluding steroid dienone is 1. The van der Waals surface area contributed by atoms with Gasteiger partial charge in [0.25, 0.3) is 0 Å². The minimum atomic E-state index is 1.10. The van der Waals surface area contributed by atoms with E-state index in [1.807, 2.05) is 0 Å². The Balaban J connectivity index is 2.73. The third-order valence-electron chi connectivity index (χ3n) is 1.42. The van der Waals surface area contributed by atoms with E-state index in [1.165, 1.54) is 9.13 Å². The van der Waals surface area contributed by atoms with E-state index in [0.717, 1.165) is 6.42 Å². The number of halogens is 1. The van der Waals surface area contributed by atoms with Crippen molar-refractivity contribution in [1.29, 1.82) is 0 Å². The lowest BCUT2D eigenvalue weighted by Crippen LogP contribution is -1.72. The molecule has 1 heteroatoms. The van der Waals surface area contributed by atoms with Gasteiger partial charge in [0.05, 0.1) is 0 Å². The van der Waals surface area contributed by atoms with E-state index in [1.54, 1.807) is 0 Å². The van der Waals surface area contributed by atoms with Gasteiger partial charge >= 0.3 is 0 Å². The SMILES string of the molecule is CC/C=C/c1ccc(I)cc1. The number of hydrogen-bond donors (Lipinski definition) is 0. The average Bonchev–Trinajstić information content (AvgIpc) is 2.04. The Labute approximate surface area is 81.5 Å². The topological polar surface area (TPSA) is 0 Å². The summed E-state index contributed by atoms with van der Waals surface area (Å²) in [7, 11) is 0. The molecule has 0 atom stereocenters. The van der Waals surface area contributed by atoms with Crippen molar-refractivity contribution < 1.29 is 0 Å². The van der Waals surface area contributed by atoms with Crippen molar-refractivity contribution in [2.45, 2.75) is 13.3 Å². The van der Waals surface area contributed by atoms with Gasteiger partial charge in [-0.05, 0) is 46.7 Å². The molecule has 11 heavy (non-hydrogen) atoms. The zero-order chi connectivity index (χ0) is 8.10. The summed E-state index contributed by atoms with van der Waals surface area (Å²) in [5.74, 6) is 0. The van der Waals surface area contributed by atoms with Gasteiger partial charge in [-0.25, -0.2) is 0 Å². The van der Waals surface area contributed by atoms with E-state index in [-0.39, 0.29) is 0 Å². The summed E-state index contributed by atoms with van der Waals surface area (Å²) in [6.45, 7) is 2.14. The van der Waals surface area contributed by atoms with Gasteiger partial charge in [-0.1, -0.05) is 31.2 Å². The summed E-state index contributed by atoms with van der Waals surface area (Å²) >= 11 is 2.31. The van der Waals surface area contributed by atoms with Crippen LogP contribution in [0.2, 0.25) is 0 Å². The highest BCUT2D eigenvalue weighted by molar-refractivity contribution is 14.1. The second-order valence-corrected chi connectivity index (χ2v) is 3.61. The Hall–Kier alpha value is -0.310. The maximum atomic E-state index is 2.31. The fourth-order valence-corrected chi connectivity index (χ4v) is 1.19. The van der Waals surface area contributed by atoms with Crippen LogP contribution in [0, 0.1) is 3.57 Å². The standard InChI is InChI=1S/C10H11I/c1-2-3-4-9-5-7-10(11)8-6-9/h3-8H,2H2,1H3/b4-3+. The summed E-state index contributed by atoms with van der Waals surface area (Å²) in [6, 6.07) is 8.51. The number of hydrogen-bond acceptors (Lipinski definition) is 0. The fourth-order valence-electron chi connectivity index (χ4n) is 0.828. The number of rotatable bonds is 2. The molecule has 0 nitrogen and oxygen atoms in total. The summed E-state index contributed by atoms with van der Waals surface area (Å²) in [6.07, 6.45) is 5.42. The van der Waals surface area contributed by atoms with E-state index >= 15 is 0 Å². The number of benzene rings is 1. The Morgan fingerprint density at radius 3 is 2.45 bits per heavy atom. The molecule has 0 fully saturated rings. The molecule has 0 aliphatic rings. The Kier molecular flexibility index (Phi) is 3.63. The molecule has 0 bridgehead atoms. The molecule has 0 radical (unpaired) electrons. The van der Waals surface area contributed by atoms with Crippen molar-refractivity contribution in [2.24, 2.45) is 0 Å². The Morgan fingerprint density at radius 2 is 1.91 bits per heavy atom. The molecule has 1 rings (SSSR count). The molecule has 0 heterocycles. The predicted molar refractivity (Wildman–Crippen MR) is 58.5 cm³/mol. The summed E-state index contributed by atoms with van der Waals surface area (Å²) in [5, 5.41) is 0. The van der Waals surface area contributed by atoms with Crippen LogP contribution in [0.5, 0.6) is 0 Å². The first-order chi connectivity index (χ1) is 5.33. The molecule has 0 N–H and O–H groups in total. The first kappa shape index (κ1) is 8.78. The van der Waals surface area contributed by atoms with E-state index in [2.05, 4.69) is 65.9 Å². The van der Waals surface area contributed by atoms with Crippen LogP contribution in [0.15, 0.2) is 30.3 Å². The van der Waals surface area contributed by atoms with E-state index in [4.69, 9.17) is 0 Å². The Bertz CT molecular complexity index is 234. The van der Waals surface area contributed by atoms with E-state index in [0.29, 0.717) is 0 Å². The highest BCUT2D eigenvalue weighted by Crippen LogP contribution is 2.08. The molecule has 0 saturated carbocycles. The van der Waals surface area contributed by atoms with Crippen molar-refractivity contribution >= 4 is 28.7 Å². The van der Waals surface area contributed by atoms with Crippen LogP contribution in [0.25, 0.3) is 6.08 Å². The first-order valence-corrected chi connectivity index (χ1v) is 4.83. The van der Waals surface area contributed by atoms with Crippen LogP contribution in [-0.2, 0) is 0 Å². The maximum Gasteiger partial charge on any atom is 0.0130 e. The highest BCUT2D eigenvalue weighted by atomic mass is 127. The quantitative estimate of drug-likeness (QED) is 0.709. The van der Waals surface area contributed by atoms with Gasteiger partial charge in [-0.15, -0.1) is 0 Å². The van der Waals surface area contributed by atoms with Crippen LogP contribution >= 0.6 is 22.6 Å². The third kappa shape index (κ3) is 3.06. The molecule has 0 unspecified atom stereocenters. The average molecular weight is 258 g/mol. The second-order valence-electron chi connectivity index (χ2n) is 2.36. The van der Waals surface area contributed by atoms with Gasteiger partial charge in [0.2, 0.25) is 0 Å². The zero-order valence-corrected chi connectivity index (χ0v) is 8.71. The molecule has 0 spiro atoms. The second kappa shape index (κ2) is 4.54. The highest BCUT2D eigenvalue weighted by Gasteiger charge is 1.85. The van der Waals surface area contributed by atoms with Gasteiger partial charge in [0.15, 0.2) is 0 Å². The first-order valence-electron chi connectivity index (χ1n) is 3.75. The Morgan fingerprint density at radius 1 is 1.27 bits per heavy atom. The normalized spacial score (nSPS) is 10.7. The van der Waals surface area contributed by atoms with E-state index in [9.17, 15) is 0 Å². The van der Waals surface area contributed by atoms with Gasteiger partial charge in [0.1, 0.15) is 0 Å². The van der Waals surface area contributed by atoms with Crippen LogP contribution in [0.3, 0.4) is 0 Å². The molecule has 0 aliphatic heterocycles. The third-order valence-corrected chi connectivity index (χ3v) is 2.14. The molecule has 1 aromatic rings. The van der Waals surface area contributed by atoms with Crippen molar-refractivity contribution in [3.8, 4) is 0 Å². The van der Waals surface area contributed by atoms with Crippen molar-refractivity contribution in [2.75, 3.05) is 0 Å². The lowest BCUT2D eigenvalue weighted by Gasteiger charge is -1.92. The molecule has 0 saturated heterocycles. The zero-order valence-electron chi connectivity index (χ0n) is 6.55. The molecule has 0 amide bonds. The molecular weight excluding hydrogens is 247 g/mol. The summed E-state index contributed by atoms with van der Waals surface area (Å²) in [5.41, 5.74) is 1.28. The minimum Gasteiger partial charge on any atom is -0.0842 e. The van der Waals surface area contributed by atoms with Crippen LogP contribution in [-0.4, -0.2) is 0 Å². The van der Waals surface area contributed by atoms with Crippen LogP contribution in [0.1, 0.15) is 18.9 Å². The molecule has 58 valence electrons. The largest absolute Gasteiger partial charge is 0.0842 e. The molecule has 0 aliphatic carbocycles. The molecular formula is C10H11I. The summed E-state index contributed by atoms with van der Waals surface area (Å²) < 4.78 is 1.29.